The summed E-state index contributed by atoms with van der Waals surface area (Å²) in [5.41, 5.74) is 0.847. The molecule has 1 aromatic carbocycles. The van der Waals surface area contributed by atoms with Gasteiger partial charge < -0.3 is 19.1 Å². The number of esters is 1. The summed E-state index contributed by atoms with van der Waals surface area (Å²) in [6.07, 6.45) is 0.239. The average molecular weight is 268 g/mol. The zero-order chi connectivity index (χ0) is 14.3. The number of likely N-dealkylation sites (N-methyl/N-ethyl adjacent to an activating group) is 1. The molecule has 0 unspecified atom stereocenters. The number of carbonyl (C=O) groups excluding carboxylic acids is 1. The predicted octanol–water partition coefficient (Wildman–Crippen LogP) is -0.0660. The minimum atomic E-state index is -0.228. The van der Waals surface area contributed by atoms with Crippen LogP contribution in [0.4, 0.5) is 0 Å². The van der Waals surface area contributed by atoms with Gasteiger partial charge in [-0.05, 0) is 17.7 Å². The van der Waals surface area contributed by atoms with Crippen molar-refractivity contribution in [2.24, 2.45) is 0 Å². The highest BCUT2D eigenvalue weighted by Gasteiger charge is 2.09. The number of hydrogen-bond acceptors (Lipinski definition) is 4. The quantitative estimate of drug-likeness (QED) is 0.704. The topological polar surface area (TPSA) is 49.2 Å². The van der Waals surface area contributed by atoms with Crippen LogP contribution in [0, 0.1) is 0 Å². The Hall–Kier alpha value is -1.75. The highest BCUT2D eigenvalue weighted by atomic mass is 16.5. The van der Waals surface area contributed by atoms with Crippen LogP contribution in [0.5, 0.6) is 11.5 Å². The number of benzene rings is 1. The molecule has 106 valence electrons. The van der Waals surface area contributed by atoms with Crippen LogP contribution >= 0.6 is 0 Å². The Bertz CT molecular complexity index is 418. The molecule has 0 spiro atoms. The van der Waals surface area contributed by atoms with Crippen molar-refractivity contribution >= 4 is 5.97 Å². The summed E-state index contributed by atoms with van der Waals surface area (Å²) < 4.78 is 15.5. The van der Waals surface area contributed by atoms with Crippen LogP contribution in [0.25, 0.3) is 0 Å². The molecule has 0 atom stereocenters. The van der Waals surface area contributed by atoms with Crippen LogP contribution < -0.4 is 14.4 Å². The first-order chi connectivity index (χ1) is 9.06. The van der Waals surface area contributed by atoms with E-state index in [-0.39, 0.29) is 12.4 Å². The highest BCUT2D eigenvalue weighted by molar-refractivity contribution is 5.73. The Balaban J connectivity index is 2.54. The lowest BCUT2D eigenvalue weighted by molar-refractivity contribution is -0.858. The molecule has 0 aliphatic carbocycles. The zero-order valence-electron chi connectivity index (χ0n) is 12.0. The van der Waals surface area contributed by atoms with Crippen molar-refractivity contribution in [3.63, 3.8) is 0 Å². The summed E-state index contributed by atoms with van der Waals surface area (Å²) in [6.45, 7) is 1.24. The van der Waals surface area contributed by atoms with Crippen molar-refractivity contribution < 1.29 is 23.9 Å². The van der Waals surface area contributed by atoms with Crippen LogP contribution in [-0.2, 0) is 16.0 Å². The molecule has 19 heavy (non-hydrogen) atoms. The van der Waals surface area contributed by atoms with Gasteiger partial charge in [0, 0.05) is 0 Å². The van der Waals surface area contributed by atoms with Crippen LogP contribution in [0.15, 0.2) is 18.2 Å². The van der Waals surface area contributed by atoms with Crippen molar-refractivity contribution in [2.45, 2.75) is 6.42 Å². The first-order valence-corrected chi connectivity index (χ1v) is 6.22. The maximum atomic E-state index is 11.6. The van der Waals surface area contributed by atoms with E-state index in [1.165, 1.54) is 4.90 Å². The maximum absolute atomic E-state index is 11.6. The largest absolute Gasteiger partial charge is 0.493 e. The van der Waals surface area contributed by atoms with Gasteiger partial charge in [0.2, 0.25) is 0 Å². The second-order valence-corrected chi connectivity index (χ2v) is 4.54. The molecule has 0 aliphatic rings. The molecule has 0 amide bonds. The number of carbonyl (C=O) groups is 1. The fourth-order valence-corrected chi connectivity index (χ4v) is 1.58. The van der Waals surface area contributed by atoms with Crippen LogP contribution in [0.3, 0.4) is 0 Å². The molecule has 1 aromatic rings. The van der Waals surface area contributed by atoms with E-state index in [2.05, 4.69) is 0 Å². The second-order valence-electron chi connectivity index (χ2n) is 4.54. The number of nitrogens with one attached hydrogen (secondary N) is 1. The van der Waals surface area contributed by atoms with Gasteiger partial charge in [0.05, 0.1) is 34.7 Å². The Morgan fingerprint density at radius 2 is 1.84 bits per heavy atom. The number of methoxy groups -OCH3 is 2. The summed E-state index contributed by atoms with van der Waals surface area (Å²) in [4.78, 5) is 12.9. The van der Waals surface area contributed by atoms with Crippen molar-refractivity contribution in [1.82, 2.24) is 0 Å². The molecule has 1 N–H and O–H groups in total. The normalized spacial score (nSPS) is 10.4. The summed E-state index contributed by atoms with van der Waals surface area (Å²) in [5.74, 6) is 1.04. The summed E-state index contributed by atoms with van der Waals surface area (Å²) in [7, 11) is 7.18. The second kappa shape index (κ2) is 7.63. The van der Waals surface area contributed by atoms with Gasteiger partial charge in [-0.2, -0.15) is 0 Å². The molecule has 1 rings (SSSR count). The lowest BCUT2D eigenvalue weighted by atomic mass is 10.1. The Labute approximate surface area is 114 Å². The molecular formula is C14H22NO4+. The van der Waals surface area contributed by atoms with Gasteiger partial charge >= 0.3 is 5.97 Å². The fraction of sp³-hybridized carbons (Fsp3) is 0.500. The van der Waals surface area contributed by atoms with Crippen molar-refractivity contribution in [3.05, 3.63) is 23.8 Å². The minimum Gasteiger partial charge on any atom is -0.493 e. The molecule has 0 fully saturated rings. The van der Waals surface area contributed by atoms with Crippen LogP contribution in [-0.4, -0.2) is 47.4 Å². The SMILES string of the molecule is COc1ccc(CC(=O)OCC[NH+](C)C)cc1OC. The maximum Gasteiger partial charge on any atom is 0.310 e. The standard InChI is InChI=1S/C14H21NO4/c1-15(2)7-8-19-14(16)10-11-5-6-12(17-3)13(9-11)18-4/h5-6,9H,7-8,10H2,1-4H3/p+1. The van der Waals surface area contributed by atoms with Gasteiger partial charge in [-0.25, -0.2) is 0 Å². The Morgan fingerprint density at radius 1 is 1.16 bits per heavy atom. The molecule has 0 saturated carbocycles. The Kier molecular flexibility index (Phi) is 6.15. The van der Waals surface area contributed by atoms with Gasteiger partial charge in [-0.3, -0.25) is 4.79 Å². The lowest BCUT2D eigenvalue weighted by Gasteiger charge is -2.10. The highest BCUT2D eigenvalue weighted by Crippen LogP contribution is 2.27. The first kappa shape index (κ1) is 15.3. The van der Waals surface area contributed by atoms with Gasteiger partial charge in [-0.1, -0.05) is 6.07 Å². The minimum absolute atomic E-state index is 0.228. The Morgan fingerprint density at radius 3 is 2.42 bits per heavy atom. The van der Waals surface area contributed by atoms with Crippen molar-refractivity contribution in [1.29, 1.82) is 0 Å². The summed E-state index contributed by atoms with van der Waals surface area (Å²) in [6, 6.07) is 5.41. The zero-order valence-corrected chi connectivity index (χ0v) is 12.0. The van der Waals surface area contributed by atoms with Crippen LogP contribution in [0.2, 0.25) is 0 Å². The molecule has 0 bridgehead atoms. The van der Waals surface area contributed by atoms with E-state index in [9.17, 15) is 4.79 Å². The molecule has 0 aromatic heterocycles. The number of hydrogen-bond donors (Lipinski definition) is 1. The van der Waals surface area contributed by atoms with Crippen molar-refractivity contribution in [3.8, 4) is 11.5 Å². The summed E-state index contributed by atoms with van der Waals surface area (Å²) >= 11 is 0. The molecule has 5 nitrogen and oxygen atoms in total. The van der Waals surface area contributed by atoms with E-state index in [4.69, 9.17) is 14.2 Å². The predicted molar refractivity (Wildman–Crippen MR) is 71.9 cm³/mol. The average Bonchev–Trinajstić information content (AvgIpc) is 2.38. The lowest BCUT2D eigenvalue weighted by Crippen LogP contribution is -3.06. The number of rotatable bonds is 7. The van der Waals surface area contributed by atoms with E-state index in [0.717, 1.165) is 12.1 Å². The van der Waals surface area contributed by atoms with Gasteiger partial charge in [0.1, 0.15) is 13.2 Å². The fourth-order valence-electron chi connectivity index (χ4n) is 1.58. The van der Waals surface area contributed by atoms with E-state index < -0.39 is 0 Å². The molecule has 0 aliphatic heterocycles. The number of quaternary nitrogens is 1. The van der Waals surface area contributed by atoms with E-state index in [1.54, 1.807) is 26.4 Å². The third-order valence-corrected chi connectivity index (χ3v) is 2.66. The first-order valence-electron chi connectivity index (χ1n) is 6.22. The molecule has 0 heterocycles. The van der Waals surface area contributed by atoms with E-state index in [1.807, 2.05) is 20.2 Å². The van der Waals surface area contributed by atoms with Gasteiger partial charge in [-0.15, -0.1) is 0 Å². The molecular weight excluding hydrogens is 246 g/mol. The van der Waals surface area contributed by atoms with E-state index in [0.29, 0.717) is 18.1 Å². The number of ether oxygens (including phenoxy) is 3. The molecule has 0 radical (unpaired) electrons. The van der Waals surface area contributed by atoms with Gasteiger partial charge in [0.15, 0.2) is 11.5 Å². The monoisotopic (exact) mass is 268 g/mol. The van der Waals surface area contributed by atoms with E-state index >= 15 is 0 Å². The van der Waals surface area contributed by atoms with Crippen LogP contribution in [0.1, 0.15) is 5.56 Å². The molecule has 5 heteroatoms. The van der Waals surface area contributed by atoms with Gasteiger partial charge in [0.25, 0.3) is 0 Å². The smallest absolute Gasteiger partial charge is 0.310 e. The summed E-state index contributed by atoms with van der Waals surface area (Å²) in [5, 5.41) is 0. The van der Waals surface area contributed by atoms with Crippen molar-refractivity contribution in [2.75, 3.05) is 41.5 Å². The third-order valence-electron chi connectivity index (χ3n) is 2.66. The molecule has 0 saturated heterocycles. The third kappa shape index (κ3) is 5.18.